The molecule has 252 valence electrons. The van der Waals surface area contributed by atoms with E-state index in [4.69, 9.17) is 24.5 Å². The van der Waals surface area contributed by atoms with E-state index in [1.807, 2.05) is 66.7 Å². The first-order chi connectivity index (χ1) is 29.7. The summed E-state index contributed by atoms with van der Waals surface area (Å²) in [7, 11) is 0. The van der Waals surface area contributed by atoms with Crippen molar-refractivity contribution < 1.29 is 9.60 Å². The Morgan fingerprint density at radius 1 is 0.296 bits per heavy atom. The maximum Gasteiger partial charge on any atom is 0.164 e. The Morgan fingerprint density at radius 2 is 0.852 bits per heavy atom. The molecule has 0 aliphatic carbocycles. The van der Waals surface area contributed by atoms with Gasteiger partial charge < -0.3 is 0 Å². The molecular weight excluding hydrogens is 655 g/mol. The molecule has 0 spiro atoms. The summed E-state index contributed by atoms with van der Waals surface area (Å²) in [5.41, 5.74) is 7.13. The lowest BCUT2D eigenvalue weighted by atomic mass is 9.94. The molecular formula is C51H33N3. The second-order valence-electron chi connectivity index (χ2n) is 13.1. The molecule has 0 radical (unpaired) electrons. The van der Waals surface area contributed by atoms with Gasteiger partial charge in [-0.1, -0.05) is 176 Å². The minimum atomic E-state index is -0.497. The highest BCUT2D eigenvalue weighted by Gasteiger charge is 2.17. The molecule has 3 heteroatoms. The fourth-order valence-corrected chi connectivity index (χ4v) is 7.16. The fourth-order valence-electron chi connectivity index (χ4n) is 7.16. The van der Waals surface area contributed by atoms with Gasteiger partial charge in [0.25, 0.3) is 0 Å². The molecule has 10 rings (SSSR count). The molecule has 0 saturated carbocycles. The van der Waals surface area contributed by atoms with Crippen molar-refractivity contribution in [1.29, 1.82) is 0 Å². The quantitative estimate of drug-likeness (QED) is 0.174. The van der Waals surface area contributed by atoms with Crippen molar-refractivity contribution in [3.05, 3.63) is 200 Å². The molecule has 0 fully saturated rings. The third-order valence-electron chi connectivity index (χ3n) is 9.81. The highest BCUT2D eigenvalue weighted by Crippen LogP contribution is 2.37. The molecule has 54 heavy (non-hydrogen) atoms. The second kappa shape index (κ2) is 13.4. The van der Waals surface area contributed by atoms with Crippen LogP contribution in [-0.2, 0) is 0 Å². The van der Waals surface area contributed by atoms with Gasteiger partial charge in [0.2, 0.25) is 0 Å². The molecule has 0 N–H and O–H groups in total. The summed E-state index contributed by atoms with van der Waals surface area (Å²) < 4.78 is 60.4. The Kier molecular flexibility index (Phi) is 6.17. The molecule has 0 amide bonds. The van der Waals surface area contributed by atoms with Crippen LogP contribution in [0.2, 0.25) is 0 Å². The maximum atomic E-state index is 9.00. The zero-order valence-corrected chi connectivity index (χ0v) is 28.9. The van der Waals surface area contributed by atoms with E-state index < -0.39 is 30.2 Å². The summed E-state index contributed by atoms with van der Waals surface area (Å²) >= 11 is 0. The molecule has 9 aromatic carbocycles. The third kappa shape index (κ3) is 5.78. The summed E-state index contributed by atoms with van der Waals surface area (Å²) in [4.78, 5) is 15.3. The standard InChI is InChI=1S/C51H33N3/c1-3-13-34(14-4-1)37-25-26-39-32-42(28-27-38(39)31-37)50-52-49(41-20-11-19-40(33-41)44-24-12-18-36-17-7-8-21-43(36)44)53-51(54-50)48-30-29-45(35-15-5-2-6-16-35)46-22-9-10-23-47(46)48/h1-33H/i7D,8D,12D,17D,18D,21D,24D. The van der Waals surface area contributed by atoms with E-state index in [0.717, 1.165) is 54.9 Å². The number of nitrogens with zero attached hydrogens (tertiary/aromatic N) is 3. The van der Waals surface area contributed by atoms with Gasteiger partial charge in [-0.15, -0.1) is 0 Å². The van der Waals surface area contributed by atoms with Crippen LogP contribution in [0.25, 0.3) is 99.9 Å². The van der Waals surface area contributed by atoms with E-state index in [-0.39, 0.29) is 28.4 Å². The van der Waals surface area contributed by atoms with Crippen molar-refractivity contribution in [2.75, 3.05) is 0 Å². The second-order valence-corrected chi connectivity index (χ2v) is 13.1. The first-order valence-electron chi connectivity index (χ1n) is 21.2. The summed E-state index contributed by atoms with van der Waals surface area (Å²) in [5, 5.41) is 4.01. The van der Waals surface area contributed by atoms with E-state index in [9.17, 15) is 0 Å². The maximum absolute atomic E-state index is 9.00. The Morgan fingerprint density at radius 3 is 1.63 bits per heavy atom. The number of hydrogen-bond donors (Lipinski definition) is 0. The minimum absolute atomic E-state index is 0.0164. The van der Waals surface area contributed by atoms with Gasteiger partial charge in [-0.3, -0.25) is 0 Å². The lowest BCUT2D eigenvalue weighted by Gasteiger charge is -2.14. The van der Waals surface area contributed by atoms with Crippen LogP contribution in [0.1, 0.15) is 9.60 Å². The average Bonchev–Trinajstić information content (AvgIpc) is 3.31. The molecule has 0 saturated heterocycles. The van der Waals surface area contributed by atoms with E-state index in [0.29, 0.717) is 28.6 Å². The van der Waals surface area contributed by atoms with Crippen molar-refractivity contribution in [1.82, 2.24) is 15.0 Å². The Hall–Kier alpha value is -7.23. The van der Waals surface area contributed by atoms with Crippen molar-refractivity contribution >= 4 is 32.3 Å². The van der Waals surface area contributed by atoms with Crippen molar-refractivity contribution in [2.45, 2.75) is 0 Å². The minimum Gasteiger partial charge on any atom is -0.208 e. The number of aromatic nitrogens is 3. The summed E-state index contributed by atoms with van der Waals surface area (Å²) in [6.07, 6.45) is 0. The van der Waals surface area contributed by atoms with Crippen LogP contribution in [0.4, 0.5) is 0 Å². The van der Waals surface area contributed by atoms with Gasteiger partial charge in [-0.2, -0.15) is 0 Å². The Bertz CT molecular complexity index is 3390. The normalized spacial score (nSPS) is 13.1. The van der Waals surface area contributed by atoms with E-state index >= 15 is 0 Å². The number of fused-ring (bicyclic) bond motifs is 3. The monoisotopic (exact) mass is 694 g/mol. The van der Waals surface area contributed by atoms with E-state index in [1.54, 1.807) is 18.2 Å². The summed E-state index contributed by atoms with van der Waals surface area (Å²) in [5.74, 6) is 1.25. The molecule has 1 heterocycles. The number of hydrogen-bond acceptors (Lipinski definition) is 3. The highest BCUT2D eigenvalue weighted by atomic mass is 15.0. The average molecular weight is 695 g/mol. The Labute approximate surface area is 323 Å². The number of benzene rings is 9. The molecule has 1 aromatic heterocycles. The highest BCUT2D eigenvalue weighted by molar-refractivity contribution is 6.04. The van der Waals surface area contributed by atoms with Gasteiger partial charge >= 0.3 is 0 Å². The van der Waals surface area contributed by atoms with Gasteiger partial charge in [0.05, 0.1) is 9.60 Å². The topological polar surface area (TPSA) is 38.7 Å². The van der Waals surface area contributed by atoms with Gasteiger partial charge in [0, 0.05) is 16.7 Å². The Balaban J connectivity index is 1.18. The molecule has 3 nitrogen and oxygen atoms in total. The van der Waals surface area contributed by atoms with Crippen LogP contribution in [0, 0.1) is 0 Å². The van der Waals surface area contributed by atoms with Crippen LogP contribution >= 0.6 is 0 Å². The molecule has 0 bridgehead atoms. The summed E-state index contributed by atoms with van der Waals surface area (Å²) in [6, 6.07) is 49.5. The van der Waals surface area contributed by atoms with Crippen molar-refractivity contribution in [3.8, 4) is 67.5 Å². The third-order valence-corrected chi connectivity index (χ3v) is 9.81. The van der Waals surface area contributed by atoms with Crippen LogP contribution in [0.5, 0.6) is 0 Å². The predicted octanol–water partition coefficient (Wildman–Crippen LogP) is 13.3. The predicted molar refractivity (Wildman–Crippen MR) is 225 cm³/mol. The van der Waals surface area contributed by atoms with Crippen molar-refractivity contribution in [2.24, 2.45) is 0 Å². The zero-order valence-electron chi connectivity index (χ0n) is 35.9. The first kappa shape index (κ1) is 24.9. The molecule has 0 unspecified atom stereocenters. The van der Waals surface area contributed by atoms with Crippen LogP contribution < -0.4 is 0 Å². The summed E-state index contributed by atoms with van der Waals surface area (Å²) in [6.45, 7) is 0. The van der Waals surface area contributed by atoms with Crippen LogP contribution in [-0.4, -0.2) is 15.0 Å². The fraction of sp³-hybridized carbons (Fsp3) is 0. The zero-order chi connectivity index (χ0) is 41.9. The van der Waals surface area contributed by atoms with Gasteiger partial charge in [-0.05, 0) is 90.0 Å². The van der Waals surface area contributed by atoms with Crippen LogP contribution in [0.15, 0.2) is 200 Å². The SMILES string of the molecule is [2H]c1c([2H])c([2H])c2c(-c3cccc(-c4nc(-c5ccc6cc(-c7ccccc7)ccc6c5)nc(-c5ccc(-c6ccccc6)c6ccccc56)n4)c3)c([2H])c([2H])c([2H])c2c1[2H]. The first-order valence-corrected chi connectivity index (χ1v) is 17.7. The largest absolute Gasteiger partial charge is 0.208 e. The van der Waals surface area contributed by atoms with Gasteiger partial charge in [0.15, 0.2) is 17.5 Å². The van der Waals surface area contributed by atoms with Crippen molar-refractivity contribution in [3.63, 3.8) is 0 Å². The number of rotatable bonds is 6. The van der Waals surface area contributed by atoms with E-state index in [2.05, 4.69) is 72.8 Å². The smallest absolute Gasteiger partial charge is 0.164 e. The molecule has 0 aliphatic heterocycles. The molecule has 0 atom stereocenters. The van der Waals surface area contributed by atoms with Gasteiger partial charge in [-0.25, -0.2) is 15.0 Å². The molecule has 10 aromatic rings. The van der Waals surface area contributed by atoms with Gasteiger partial charge in [0.1, 0.15) is 0 Å². The molecule has 0 aliphatic rings. The lowest BCUT2D eigenvalue weighted by molar-refractivity contribution is 1.08. The van der Waals surface area contributed by atoms with E-state index in [1.165, 1.54) is 0 Å². The van der Waals surface area contributed by atoms with Crippen LogP contribution in [0.3, 0.4) is 0 Å². The lowest BCUT2D eigenvalue weighted by Crippen LogP contribution is -2.01.